The van der Waals surface area contributed by atoms with Gasteiger partial charge in [0, 0.05) is 48.2 Å². The van der Waals surface area contributed by atoms with Gasteiger partial charge in [-0.1, -0.05) is 140 Å². The Labute approximate surface area is 314 Å². The predicted octanol–water partition coefficient (Wildman–Crippen LogP) is 14.3. The molecule has 2 nitrogen and oxygen atoms in total. The van der Waals surface area contributed by atoms with Crippen LogP contribution in [0.1, 0.15) is 0 Å². The van der Waals surface area contributed by atoms with Crippen LogP contribution in [-0.4, -0.2) is 9.13 Å². The summed E-state index contributed by atoms with van der Waals surface area (Å²) < 4.78 is 5.94. The van der Waals surface area contributed by atoms with Gasteiger partial charge in [0.15, 0.2) is 0 Å². The zero-order valence-corrected chi connectivity index (χ0v) is 30.3. The maximum atomic E-state index is 4.23. The first-order valence-electron chi connectivity index (χ1n) is 18.1. The zero-order valence-electron chi connectivity index (χ0n) is 28.7. The fourth-order valence-electron chi connectivity index (χ4n) is 8.73. The fraction of sp³-hybridized carbons (Fsp3) is 0. The van der Waals surface area contributed by atoms with Crippen molar-refractivity contribution in [3.8, 4) is 33.6 Å². The fourth-order valence-corrected chi connectivity index (χ4v) is 9.42. The van der Waals surface area contributed by atoms with Crippen LogP contribution in [0.25, 0.3) is 98.8 Å². The summed E-state index contributed by atoms with van der Waals surface area (Å²) in [6.45, 7) is 0. The molecule has 0 N–H and O–H groups in total. The summed E-state index contributed by atoms with van der Waals surface area (Å²) in [7, 11) is 0. The van der Waals surface area contributed by atoms with E-state index in [0.717, 1.165) is 15.8 Å². The molecule has 0 aliphatic rings. The van der Waals surface area contributed by atoms with E-state index in [9.17, 15) is 0 Å². The Morgan fingerprint density at radius 3 is 1.08 bits per heavy atom. The Morgan fingerprint density at radius 1 is 0.283 bits per heavy atom. The number of benzene rings is 9. The number of nitrogens with zero attached hydrogens (tertiary/aromatic N) is 2. The van der Waals surface area contributed by atoms with E-state index in [1.54, 1.807) is 0 Å². The number of hydrogen-bond donors (Lipinski definition) is 0. The Kier molecular flexibility index (Phi) is 6.74. The molecule has 0 saturated heterocycles. The minimum Gasteiger partial charge on any atom is -0.309 e. The molecule has 11 aromatic rings. The molecular weight excluding hydrogens is 708 g/mol. The van der Waals surface area contributed by atoms with Crippen molar-refractivity contribution in [2.45, 2.75) is 0 Å². The lowest BCUT2D eigenvalue weighted by molar-refractivity contribution is 1.19. The van der Waals surface area contributed by atoms with Gasteiger partial charge in [0.25, 0.3) is 0 Å². The van der Waals surface area contributed by atoms with Crippen LogP contribution in [0, 0.1) is 0 Å². The van der Waals surface area contributed by atoms with Gasteiger partial charge in [-0.15, -0.1) is 0 Å². The summed E-state index contributed by atoms with van der Waals surface area (Å²) in [6.07, 6.45) is 0. The predicted molar refractivity (Wildman–Crippen MR) is 229 cm³/mol. The number of fused-ring (bicyclic) bond motifs is 10. The quantitative estimate of drug-likeness (QED) is 0.170. The minimum absolute atomic E-state index is 1.09. The third-order valence-electron chi connectivity index (χ3n) is 11.0. The van der Waals surface area contributed by atoms with Crippen molar-refractivity contribution in [2.75, 3.05) is 0 Å². The third-order valence-corrected chi connectivity index (χ3v) is 11.8. The molecule has 0 saturated carbocycles. The topological polar surface area (TPSA) is 9.86 Å². The normalized spacial score (nSPS) is 11.9. The van der Waals surface area contributed by atoms with Gasteiger partial charge >= 0.3 is 0 Å². The van der Waals surface area contributed by atoms with E-state index in [1.165, 1.54) is 87.4 Å². The summed E-state index contributed by atoms with van der Waals surface area (Å²) in [5, 5.41) is 9.91. The Hall–Kier alpha value is -6.42. The van der Waals surface area contributed by atoms with Gasteiger partial charge in [0.05, 0.1) is 22.1 Å². The molecule has 53 heavy (non-hydrogen) atoms. The molecule has 2 heterocycles. The molecule has 0 aliphatic carbocycles. The van der Waals surface area contributed by atoms with Crippen molar-refractivity contribution in [3.05, 3.63) is 193 Å². The van der Waals surface area contributed by atoms with Crippen molar-refractivity contribution >= 4 is 81.1 Å². The number of para-hydroxylation sites is 4. The van der Waals surface area contributed by atoms with Gasteiger partial charge in [-0.2, -0.15) is 0 Å². The highest BCUT2D eigenvalue weighted by molar-refractivity contribution is 9.10. The van der Waals surface area contributed by atoms with Crippen LogP contribution in [0.4, 0.5) is 0 Å². The lowest BCUT2D eigenvalue weighted by Crippen LogP contribution is -1.95. The minimum atomic E-state index is 1.09. The second-order valence-corrected chi connectivity index (χ2v) is 14.6. The maximum Gasteiger partial charge on any atom is 0.0619 e. The molecule has 11 rings (SSSR count). The average molecular weight is 740 g/mol. The Morgan fingerprint density at radius 2 is 0.642 bits per heavy atom. The second-order valence-electron chi connectivity index (χ2n) is 13.8. The highest BCUT2D eigenvalue weighted by Crippen LogP contribution is 2.47. The van der Waals surface area contributed by atoms with Gasteiger partial charge < -0.3 is 9.13 Å². The first kappa shape index (κ1) is 30.2. The van der Waals surface area contributed by atoms with Gasteiger partial charge in [0.2, 0.25) is 0 Å². The standard InChI is InChI=1S/C50H31BrN2/c51-48-38(42-30-44-36-22-11-13-28-46(36)52(32-16-3-1-4-17-32)49(44)40-24-9-7-20-34(40)42)26-15-27-39(48)43-31-45-37-23-12-14-29-47(37)53(33-18-5-2-6-19-33)50(45)41-25-10-8-21-35(41)43/h1-31H. The third kappa shape index (κ3) is 4.44. The first-order valence-corrected chi connectivity index (χ1v) is 18.9. The lowest BCUT2D eigenvalue weighted by atomic mass is 9.91. The molecule has 0 unspecified atom stereocenters. The molecule has 0 fully saturated rings. The van der Waals surface area contributed by atoms with Gasteiger partial charge in [0.1, 0.15) is 0 Å². The zero-order chi connectivity index (χ0) is 35.0. The molecule has 0 amide bonds. The summed E-state index contributed by atoms with van der Waals surface area (Å²) >= 11 is 4.23. The van der Waals surface area contributed by atoms with Crippen molar-refractivity contribution in [1.29, 1.82) is 0 Å². The summed E-state index contributed by atoms with van der Waals surface area (Å²) in [4.78, 5) is 0. The number of halogens is 1. The second kappa shape index (κ2) is 11.8. The monoisotopic (exact) mass is 738 g/mol. The van der Waals surface area contributed by atoms with Crippen molar-refractivity contribution < 1.29 is 0 Å². The number of rotatable bonds is 4. The molecule has 0 atom stereocenters. The summed E-state index contributed by atoms with van der Waals surface area (Å²) in [5.41, 5.74) is 12.0. The van der Waals surface area contributed by atoms with Gasteiger partial charge in [-0.05, 0) is 97.5 Å². The van der Waals surface area contributed by atoms with Crippen molar-refractivity contribution in [3.63, 3.8) is 0 Å². The highest BCUT2D eigenvalue weighted by Gasteiger charge is 2.22. The molecule has 9 aromatic carbocycles. The van der Waals surface area contributed by atoms with E-state index in [-0.39, 0.29) is 0 Å². The van der Waals surface area contributed by atoms with Gasteiger partial charge in [-0.3, -0.25) is 0 Å². The first-order chi connectivity index (χ1) is 26.3. The molecule has 248 valence electrons. The molecule has 2 aromatic heterocycles. The number of hydrogen-bond acceptors (Lipinski definition) is 0. The Bertz CT molecular complexity index is 3010. The average Bonchev–Trinajstić information content (AvgIpc) is 3.74. The van der Waals surface area contributed by atoms with Crippen LogP contribution >= 0.6 is 15.9 Å². The molecule has 0 aliphatic heterocycles. The van der Waals surface area contributed by atoms with E-state index in [4.69, 9.17) is 0 Å². The van der Waals surface area contributed by atoms with Crippen LogP contribution in [0.2, 0.25) is 0 Å². The Balaban J connectivity index is 1.21. The van der Waals surface area contributed by atoms with Crippen molar-refractivity contribution in [2.24, 2.45) is 0 Å². The SMILES string of the molecule is Brc1c(-c2cc3c4ccccc4n(-c4ccccc4)c3c3ccccc23)cccc1-c1cc2c3ccccc3n(-c3ccccc3)c2c2ccccc12. The molecule has 0 bridgehead atoms. The van der Waals surface area contributed by atoms with Crippen LogP contribution in [-0.2, 0) is 0 Å². The van der Waals surface area contributed by atoms with Crippen molar-refractivity contribution in [1.82, 2.24) is 9.13 Å². The smallest absolute Gasteiger partial charge is 0.0619 e. The summed E-state index contributed by atoms with van der Waals surface area (Å²) in [5.74, 6) is 0. The molecule has 0 spiro atoms. The van der Waals surface area contributed by atoms with Crippen LogP contribution in [0.3, 0.4) is 0 Å². The van der Waals surface area contributed by atoms with E-state index < -0.39 is 0 Å². The molecular formula is C50H31BrN2. The summed E-state index contributed by atoms with van der Waals surface area (Å²) in [6, 6.07) is 68.4. The van der Waals surface area contributed by atoms with E-state index >= 15 is 0 Å². The van der Waals surface area contributed by atoms with Crippen LogP contribution in [0.5, 0.6) is 0 Å². The highest BCUT2D eigenvalue weighted by atomic mass is 79.9. The van der Waals surface area contributed by atoms with E-state index in [2.05, 4.69) is 213 Å². The van der Waals surface area contributed by atoms with Crippen LogP contribution < -0.4 is 0 Å². The van der Waals surface area contributed by atoms with E-state index in [1.807, 2.05) is 0 Å². The van der Waals surface area contributed by atoms with E-state index in [0.29, 0.717) is 0 Å². The van der Waals surface area contributed by atoms with Gasteiger partial charge in [-0.25, -0.2) is 0 Å². The lowest BCUT2D eigenvalue weighted by Gasteiger charge is -2.17. The maximum absolute atomic E-state index is 4.23. The molecule has 3 heteroatoms. The van der Waals surface area contributed by atoms with Crippen LogP contribution in [0.15, 0.2) is 193 Å². The largest absolute Gasteiger partial charge is 0.309 e. The number of aromatic nitrogens is 2. The molecule has 0 radical (unpaired) electrons.